The van der Waals surface area contributed by atoms with Crippen LogP contribution in [0.2, 0.25) is 5.02 Å². The summed E-state index contributed by atoms with van der Waals surface area (Å²) in [4.78, 5) is 28.1. The molecule has 0 spiro atoms. The van der Waals surface area contributed by atoms with Gasteiger partial charge in [-0.3, -0.25) is 14.9 Å². The third-order valence-corrected chi connectivity index (χ3v) is 7.20. The molecular formula is C25H22ClN3O3S. The van der Waals surface area contributed by atoms with E-state index in [4.69, 9.17) is 11.6 Å². The van der Waals surface area contributed by atoms with E-state index in [1.54, 1.807) is 0 Å². The monoisotopic (exact) mass is 479 g/mol. The van der Waals surface area contributed by atoms with Crippen LogP contribution in [0.1, 0.15) is 11.1 Å². The molecule has 8 heteroatoms. The molecule has 6 nitrogen and oxygen atoms in total. The number of nitrogens with one attached hydrogen (secondary N) is 1. The molecule has 0 saturated carbocycles. The fraction of sp³-hybridized carbons (Fsp3) is 0.200. The van der Waals surface area contributed by atoms with Gasteiger partial charge in [-0.1, -0.05) is 29.8 Å². The van der Waals surface area contributed by atoms with Crippen LogP contribution in [0.3, 0.4) is 0 Å². The maximum Gasteiger partial charge on any atom is 0.259 e. The van der Waals surface area contributed by atoms with Gasteiger partial charge in [0, 0.05) is 68.3 Å². The van der Waals surface area contributed by atoms with Crippen molar-refractivity contribution in [3.05, 3.63) is 70.2 Å². The molecule has 0 fully saturated rings. The molecule has 0 aliphatic carbocycles. The number of nitrogens with zero attached hydrogens (tertiary/aromatic N) is 2. The number of hydrogen-bond donors (Lipinski definition) is 2. The lowest BCUT2D eigenvalue weighted by Crippen LogP contribution is -2.26. The summed E-state index contributed by atoms with van der Waals surface area (Å²) in [6.07, 6.45) is 1.95. The first-order chi connectivity index (χ1) is 16.0. The first kappa shape index (κ1) is 21.9. The Morgan fingerprint density at radius 2 is 1.79 bits per heavy atom. The van der Waals surface area contributed by atoms with E-state index in [0.717, 1.165) is 38.7 Å². The number of aromatic nitrogens is 1. The first-order valence-electron chi connectivity index (χ1n) is 10.6. The zero-order chi connectivity index (χ0) is 23.1. The Labute approximate surface area is 199 Å². The number of rotatable bonds is 7. The number of halogens is 1. The summed E-state index contributed by atoms with van der Waals surface area (Å²) in [5.41, 5.74) is 3.21. The SMILES string of the molecule is CN(CCO)CCn1cc(C2=C(c3csc4ccc(Cl)cc34)C(=O)NC2=O)c2ccccc21. The minimum atomic E-state index is -0.394. The predicted octanol–water partition coefficient (Wildman–Crippen LogP) is 4.00. The highest BCUT2D eigenvalue weighted by atomic mass is 35.5. The summed E-state index contributed by atoms with van der Waals surface area (Å²) in [5, 5.41) is 15.9. The number of hydrogen-bond acceptors (Lipinski definition) is 5. The Kier molecular flexibility index (Phi) is 5.80. The van der Waals surface area contributed by atoms with Gasteiger partial charge in [-0.15, -0.1) is 11.3 Å². The van der Waals surface area contributed by atoms with Gasteiger partial charge in [0.1, 0.15) is 0 Å². The van der Waals surface area contributed by atoms with Crippen molar-refractivity contribution in [1.82, 2.24) is 14.8 Å². The molecule has 0 saturated heterocycles. The number of para-hydroxylation sites is 1. The molecule has 0 atom stereocenters. The number of fused-ring (bicyclic) bond motifs is 2. The van der Waals surface area contributed by atoms with Gasteiger partial charge in [0.25, 0.3) is 11.8 Å². The van der Waals surface area contributed by atoms with E-state index in [2.05, 4.69) is 9.88 Å². The fourth-order valence-corrected chi connectivity index (χ4v) is 5.46. The highest BCUT2D eigenvalue weighted by Crippen LogP contribution is 2.40. The fourth-order valence-electron chi connectivity index (χ4n) is 4.36. The molecule has 2 N–H and O–H groups in total. The molecule has 2 aromatic carbocycles. The van der Waals surface area contributed by atoms with Crippen molar-refractivity contribution in [3.8, 4) is 0 Å². The quantitative estimate of drug-likeness (QED) is 0.393. The van der Waals surface area contributed by atoms with Crippen LogP contribution < -0.4 is 5.32 Å². The second-order valence-electron chi connectivity index (χ2n) is 8.10. The average molecular weight is 480 g/mol. The van der Waals surface area contributed by atoms with Crippen LogP contribution in [-0.2, 0) is 16.1 Å². The van der Waals surface area contributed by atoms with Crippen LogP contribution in [0.25, 0.3) is 32.1 Å². The number of imide groups is 1. The average Bonchev–Trinajstić information content (AvgIpc) is 3.45. The van der Waals surface area contributed by atoms with E-state index in [0.29, 0.717) is 29.3 Å². The summed E-state index contributed by atoms with van der Waals surface area (Å²) in [6, 6.07) is 13.5. The van der Waals surface area contributed by atoms with E-state index in [-0.39, 0.29) is 6.61 Å². The number of benzene rings is 2. The Balaban J connectivity index is 1.68. The number of carbonyl (C=O) groups is 2. The van der Waals surface area contributed by atoms with Crippen LogP contribution in [0, 0.1) is 0 Å². The summed E-state index contributed by atoms with van der Waals surface area (Å²) in [7, 11) is 1.96. The Morgan fingerprint density at radius 1 is 1.03 bits per heavy atom. The van der Waals surface area contributed by atoms with Crippen molar-refractivity contribution in [3.63, 3.8) is 0 Å². The van der Waals surface area contributed by atoms with E-state index in [9.17, 15) is 14.7 Å². The maximum atomic E-state index is 13.0. The largest absolute Gasteiger partial charge is 0.395 e. The number of likely N-dealkylation sites (N-methyl/N-ethyl adjacent to an activating group) is 1. The summed E-state index contributed by atoms with van der Waals surface area (Å²) in [5.74, 6) is -0.786. The van der Waals surface area contributed by atoms with Crippen LogP contribution in [-0.4, -0.2) is 53.1 Å². The van der Waals surface area contributed by atoms with E-state index in [1.807, 2.05) is 66.0 Å². The Bertz CT molecular complexity index is 1440. The third-order valence-electron chi connectivity index (χ3n) is 6.00. The summed E-state index contributed by atoms with van der Waals surface area (Å²) >= 11 is 7.75. The van der Waals surface area contributed by atoms with Gasteiger partial charge in [-0.2, -0.15) is 0 Å². The third kappa shape index (κ3) is 3.87. The lowest BCUT2D eigenvalue weighted by molar-refractivity contribution is -0.122. The van der Waals surface area contributed by atoms with Crippen molar-refractivity contribution in [2.45, 2.75) is 6.54 Å². The van der Waals surface area contributed by atoms with E-state index < -0.39 is 11.8 Å². The second kappa shape index (κ2) is 8.76. The normalized spacial score (nSPS) is 14.3. The molecule has 0 radical (unpaired) electrons. The van der Waals surface area contributed by atoms with Gasteiger partial charge in [-0.05, 0) is 31.3 Å². The zero-order valence-electron chi connectivity index (χ0n) is 18.0. The molecule has 0 unspecified atom stereocenters. The number of thiophene rings is 1. The van der Waals surface area contributed by atoms with Gasteiger partial charge in [0.15, 0.2) is 0 Å². The van der Waals surface area contributed by atoms with Crippen LogP contribution in [0.15, 0.2) is 54.0 Å². The molecule has 2 amide bonds. The van der Waals surface area contributed by atoms with Gasteiger partial charge in [0.05, 0.1) is 17.8 Å². The first-order valence-corrected chi connectivity index (χ1v) is 11.9. The molecule has 2 aromatic heterocycles. The smallest absolute Gasteiger partial charge is 0.259 e. The van der Waals surface area contributed by atoms with Gasteiger partial charge in [0.2, 0.25) is 0 Å². The lowest BCUT2D eigenvalue weighted by Gasteiger charge is -2.15. The highest BCUT2D eigenvalue weighted by molar-refractivity contribution is 7.17. The minimum absolute atomic E-state index is 0.102. The minimum Gasteiger partial charge on any atom is -0.395 e. The number of aliphatic hydroxyl groups is 1. The van der Waals surface area contributed by atoms with Crippen LogP contribution >= 0.6 is 22.9 Å². The molecule has 1 aliphatic rings. The zero-order valence-corrected chi connectivity index (χ0v) is 19.5. The highest BCUT2D eigenvalue weighted by Gasteiger charge is 2.35. The maximum absolute atomic E-state index is 13.0. The molecular weight excluding hydrogens is 458 g/mol. The molecule has 1 aliphatic heterocycles. The van der Waals surface area contributed by atoms with Crippen molar-refractivity contribution in [2.24, 2.45) is 0 Å². The number of amides is 2. The standard InChI is InChI=1S/C25H22ClN3O3S/c1-28(10-11-30)8-9-29-13-18(16-4-2-3-5-20(16)29)22-23(25(32)27-24(22)31)19-14-33-21-7-6-15(26)12-17(19)21/h2-7,12-14,30H,8-11H2,1H3,(H,27,31,32). The van der Waals surface area contributed by atoms with Crippen molar-refractivity contribution < 1.29 is 14.7 Å². The Hall–Kier alpha value is -2.97. The molecule has 33 heavy (non-hydrogen) atoms. The lowest BCUT2D eigenvalue weighted by atomic mass is 9.95. The summed E-state index contributed by atoms with van der Waals surface area (Å²) in [6.45, 7) is 2.12. The number of carbonyl (C=O) groups excluding carboxylic acids is 2. The van der Waals surface area contributed by atoms with Crippen LogP contribution in [0.5, 0.6) is 0 Å². The topological polar surface area (TPSA) is 74.6 Å². The van der Waals surface area contributed by atoms with Crippen molar-refractivity contribution in [1.29, 1.82) is 0 Å². The molecule has 168 valence electrons. The summed E-state index contributed by atoms with van der Waals surface area (Å²) < 4.78 is 3.10. The molecule has 3 heterocycles. The van der Waals surface area contributed by atoms with Crippen LogP contribution in [0.4, 0.5) is 0 Å². The second-order valence-corrected chi connectivity index (χ2v) is 9.45. The van der Waals surface area contributed by atoms with Gasteiger partial charge >= 0.3 is 0 Å². The molecule has 4 aromatic rings. The van der Waals surface area contributed by atoms with Crippen molar-refractivity contribution >= 4 is 66.9 Å². The van der Waals surface area contributed by atoms with E-state index >= 15 is 0 Å². The molecule has 0 bridgehead atoms. The Morgan fingerprint density at radius 3 is 2.58 bits per heavy atom. The van der Waals surface area contributed by atoms with E-state index in [1.165, 1.54) is 11.3 Å². The number of aliphatic hydroxyl groups excluding tert-OH is 1. The molecule has 5 rings (SSSR count). The predicted molar refractivity (Wildman–Crippen MR) is 133 cm³/mol. The van der Waals surface area contributed by atoms with Crippen molar-refractivity contribution in [2.75, 3.05) is 26.7 Å². The van der Waals surface area contributed by atoms with Gasteiger partial charge in [-0.25, -0.2) is 0 Å². The van der Waals surface area contributed by atoms with Gasteiger partial charge < -0.3 is 14.6 Å².